The smallest absolute Gasteiger partial charge is 0.342 e. The summed E-state index contributed by atoms with van der Waals surface area (Å²) in [7, 11) is 1.48. The molecule has 0 amide bonds. The van der Waals surface area contributed by atoms with Gasteiger partial charge < -0.3 is 14.6 Å². The van der Waals surface area contributed by atoms with E-state index in [0.717, 1.165) is 6.07 Å². The quantitative estimate of drug-likeness (QED) is 0.670. The average molecular weight is 289 g/mol. The zero-order valence-corrected chi connectivity index (χ0v) is 11.0. The Labute approximate surface area is 119 Å². The number of carbonyl (C=O) groups is 1. The van der Waals surface area contributed by atoms with Crippen LogP contribution in [0.3, 0.4) is 0 Å². The number of para-hydroxylation sites is 1. The van der Waals surface area contributed by atoms with Crippen molar-refractivity contribution in [3.05, 3.63) is 58.1 Å². The number of nitro benzene ring substituents is 1. The Morgan fingerprint density at radius 3 is 2.48 bits per heavy atom. The molecular weight excluding hydrogens is 278 g/mol. The van der Waals surface area contributed by atoms with Gasteiger partial charge >= 0.3 is 11.7 Å². The Hall–Kier alpha value is -3.09. The maximum atomic E-state index is 11.1. The van der Waals surface area contributed by atoms with Gasteiger partial charge in [-0.2, -0.15) is 0 Å². The van der Waals surface area contributed by atoms with Gasteiger partial charge in [-0.05, 0) is 24.3 Å². The number of hydrogen-bond donors (Lipinski definition) is 1. The third kappa shape index (κ3) is 3.08. The highest BCUT2D eigenvalue weighted by Gasteiger charge is 2.25. The maximum Gasteiger partial charge on any atom is 0.342 e. The summed E-state index contributed by atoms with van der Waals surface area (Å²) in [4.78, 5) is 21.4. The van der Waals surface area contributed by atoms with Crippen LogP contribution in [0.1, 0.15) is 10.4 Å². The lowest BCUT2D eigenvalue weighted by atomic mass is 10.1. The van der Waals surface area contributed by atoms with Crippen LogP contribution in [-0.4, -0.2) is 23.1 Å². The third-order valence-corrected chi connectivity index (χ3v) is 2.68. The lowest BCUT2D eigenvalue weighted by molar-refractivity contribution is -0.386. The van der Waals surface area contributed by atoms with Crippen LogP contribution >= 0.6 is 0 Å². The van der Waals surface area contributed by atoms with Crippen molar-refractivity contribution in [3.8, 4) is 17.2 Å². The minimum atomic E-state index is -1.39. The fourth-order valence-corrected chi connectivity index (χ4v) is 1.76. The highest BCUT2D eigenvalue weighted by atomic mass is 16.6. The van der Waals surface area contributed by atoms with Gasteiger partial charge in [0.2, 0.25) is 5.75 Å². The van der Waals surface area contributed by atoms with E-state index in [1.165, 1.54) is 25.3 Å². The second-order valence-electron chi connectivity index (χ2n) is 4.00. The van der Waals surface area contributed by atoms with Crippen LogP contribution in [0.4, 0.5) is 5.69 Å². The van der Waals surface area contributed by atoms with Gasteiger partial charge in [-0.3, -0.25) is 10.1 Å². The van der Waals surface area contributed by atoms with Gasteiger partial charge in [-0.1, -0.05) is 12.1 Å². The van der Waals surface area contributed by atoms with Crippen LogP contribution in [0.5, 0.6) is 17.2 Å². The molecule has 108 valence electrons. The van der Waals surface area contributed by atoms with E-state index in [1.807, 2.05) is 0 Å². The summed E-state index contributed by atoms with van der Waals surface area (Å²) >= 11 is 0. The summed E-state index contributed by atoms with van der Waals surface area (Å²) in [6.07, 6.45) is 0. The zero-order chi connectivity index (χ0) is 15.4. The van der Waals surface area contributed by atoms with E-state index in [9.17, 15) is 14.9 Å². The molecule has 0 atom stereocenters. The number of rotatable bonds is 5. The molecule has 0 aliphatic heterocycles. The minimum absolute atomic E-state index is 0.145. The first-order valence-electron chi connectivity index (χ1n) is 5.85. The molecule has 0 fully saturated rings. The summed E-state index contributed by atoms with van der Waals surface area (Å²) < 4.78 is 10.4. The molecule has 0 aliphatic rings. The monoisotopic (exact) mass is 289 g/mol. The second kappa shape index (κ2) is 5.91. The Bertz CT molecular complexity index is 698. The fourth-order valence-electron chi connectivity index (χ4n) is 1.76. The first-order chi connectivity index (χ1) is 10.0. The number of nitrogens with zero attached hydrogens (tertiary/aromatic N) is 1. The van der Waals surface area contributed by atoms with Gasteiger partial charge in [0, 0.05) is 6.07 Å². The van der Waals surface area contributed by atoms with Gasteiger partial charge in [0.05, 0.1) is 12.0 Å². The Kier molecular flexibility index (Phi) is 4.03. The third-order valence-electron chi connectivity index (χ3n) is 2.68. The lowest BCUT2D eigenvalue weighted by Crippen LogP contribution is -2.04. The molecule has 0 radical (unpaired) electrons. The van der Waals surface area contributed by atoms with E-state index in [4.69, 9.17) is 14.6 Å². The normalized spacial score (nSPS) is 9.95. The van der Waals surface area contributed by atoms with Crippen LogP contribution in [0.2, 0.25) is 0 Å². The SMILES string of the molecule is COc1cccc(Oc2cccc(C(=O)O)c2[N+](=O)[O-])c1. The van der Waals surface area contributed by atoms with Crippen LogP contribution in [0, 0.1) is 10.1 Å². The molecule has 0 saturated carbocycles. The second-order valence-corrected chi connectivity index (χ2v) is 4.00. The van der Waals surface area contributed by atoms with Crippen LogP contribution < -0.4 is 9.47 Å². The van der Waals surface area contributed by atoms with Crippen molar-refractivity contribution in [3.63, 3.8) is 0 Å². The molecule has 0 unspecified atom stereocenters. The van der Waals surface area contributed by atoms with E-state index >= 15 is 0 Å². The van der Waals surface area contributed by atoms with E-state index < -0.39 is 22.1 Å². The molecule has 0 saturated heterocycles. The molecule has 2 aromatic carbocycles. The molecule has 1 N–H and O–H groups in total. The highest BCUT2D eigenvalue weighted by Crippen LogP contribution is 2.35. The maximum absolute atomic E-state index is 11.1. The van der Waals surface area contributed by atoms with Gasteiger partial charge in [0.15, 0.2) is 0 Å². The number of carboxylic acid groups (broad SMARTS) is 1. The minimum Gasteiger partial charge on any atom is -0.497 e. The van der Waals surface area contributed by atoms with Crippen LogP contribution in [0.15, 0.2) is 42.5 Å². The molecule has 7 heteroatoms. The van der Waals surface area contributed by atoms with E-state index in [-0.39, 0.29) is 5.75 Å². The Morgan fingerprint density at radius 2 is 1.86 bits per heavy atom. The number of carboxylic acids is 1. The summed E-state index contributed by atoms with van der Waals surface area (Å²) in [6.45, 7) is 0. The number of hydrogen-bond acceptors (Lipinski definition) is 5. The Morgan fingerprint density at radius 1 is 1.19 bits per heavy atom. The van der Waals surface area contributed by atoms with Crippen LogP contribution in [0.25, 0.3) is 0 Å². The van der Waals surface area contributed by atoms with Crippen molar-refractivity contribution in [2.24, 2.45) is 0 Å². The number of ether oxygens (including phenoxy) is 2. The highest BCUT2D eigenvalue weighted by molar-refractivity contribution is 5.93. The van der Waals surface area contributed by atoms with Crippen molar-refractivity contribution in [2.45, 2.75) is 0 Å². The average Bonchev–Trinajstić information content (AvgIpc) is 2.46. The van der Waals surface area contributed by atoms with Crippen molar-refractivity contribution in [2.75, 3.05) is 7.11 Å². The predicted octanol–water partition coefficient (Wildman–Crippen LogP) is 3.09. The van der Waals surface area contributed by atoms with Gasteiger partial charge in [0.25, 0.3) is 0 Å². The van der Waals surface area contributed by atoms with E-state index in [0.29, 0.717) is 11.5 Å². The van der Waals surface area contributed by atoms with Crippen molar-refractivity contribution in [1.29, 1.82) is 0 Å². The standard InChI is InChI=1S/C14H11NO6/c1-20-9-4-2-5-10(8-9)21-12-7-3-6-11(14(16)17)13(12)15(18)19/h2-8H,1H3,(H,16,17). The molecule has 7 nitrogen and oxygen atoms in total. The van der Waals surface area contributed by atoms with E-state index in [2.05, 4.69) is 0 Å². The summed E-state index contributed by atoms with van der Waals surface area (Å²) in [6, 6.07) is 10.3. The van der Waals surface area contributed by atoms with Crippen molar-refractivity contribution >= 4 is 11.7 Å². The lowest BCUT2D eigenvalue weighted by Gasteiger charge is -2.08. The molecule has 2 aromatic rings. The predicted molar refractivity (Wildman–Crippen MR) is 73.1 cm³/mol. The van der Waals surface area contributed by atoms with Gasteiger partial charge in [0.1, 0.15) is 17.1 Å². The number of benzene rings is 2. The molecule has 0 bridgehead atoms. The summed E-state index contributed by atoms with van der Waals surface area (Å²) in [5.41, 5.74) is -1.02. The Balaban J connectivity index is 2.46. The van der Waals surface area contributed by atoms with Gasteiger partial charge in [-0.15, -0.1) is 0 Å². The molecule has 21 heavy (non-hydrogen) atoms. The topological polar surface area (TPSA) is 98.9 Å². The fraction of sp³-hybridized carbons (Fsp3) is 0.0714. The molecule has 0 aliphatic carbocycles. The molecule has 0 aromatic heterocycles. The molecular formula is C14H11NO6. The van der Waals surface area contributed by atoms with Crippen molar-refractivity contribution in [1.82, 2.24) is 0 Å². The molecule has 0 spiro atoms. The first kappa shape index (κ1) is 14.3. The molecule has 0 heterocycles. The zero-order valence-electron chi connectivity index (χ0n) is 11.0. The number of aromatic carboxylic acids is 1. The number of nitro groups is 1. The summed E-state index contributed by atoms with van der Waals surface area (Å²) in [5, 5.41) is 20.1. The van der Waals surface area contributed by atoms with E-state index in [1.54, 1.807) is 18.2 Å². The van der Waals surface area contributed by atoms with Gasteiger partial charge in [-0.25, -0.2) is 4.79 Å². The van der Waals surface area contributed by atoms with Crippen molar-refractivity contribution < 1.29 is 24.3 Å². The summed E-state index contributed by atoms with van der Waals surface area (Å²) in [5.74, 6) is -0.713. The van der Waals surface area contributed by atoms with Crippen LogP contribution in [-0.2, 0) is 0 Å². The number of methoxy groups -OCH3 is 1. The molecule has 2 rings (SSSR count). The largest absolute Gasteiger partial charge is 0.497 e. The first-order valence-corrected chi connectivity index (χ1v) is 5.85.